The number of cyclic esters (lactones) is 1. The molecule has 1 aliphatic rings. The Morgan fingerprint density at radius 3 is 3.00 bits per heavy atom. The summed E-state index contributed by atoms with van der Waals surface area (Å²) < 4.78 is 10.3. The van der Waals surface area contributed by atoms with E-state index >= 15 is 0 Å². The van der Waals surface area contributed by atoms with E-state index in [9.17, 15) is 4.79 Å². The molecule has 1 saturated heterocycles. The minimum atomic E-state index is -0.278. The number of carbonyl (C=O) groups excluding carboxylic acids is 1. The largest absolute Gasteiger partial charge is 0.465 e. The van der Waals surface area contributed by atoms with E-state index < -0.39 is 0 Å². The molecule has 1 aliphatic heterocycles. The molecule has 0 spiro atoms. The molecule has 1 unspecified atom stereocenters. The van der Waals surface area contributed by atoms with Crippen LogP contribution in [-0.2, 0) is 9.53 Å². The number of carbonyl (C=O) groups is 1. The second-order valence-corrected chi connectivity index (χ2v) is 3.63. The van der Waals surface area contributed by atoms with Crippen LogP contribution in [0.2, 0.25) is 0 Å². The van der Waals surface area contributed by atoms with Crippen molar-refractivity contribution in [3.63, 3.8) is 0 Å². The minimum absolute atomic E-state index is 0.182. The van der Waals surface area contributed by atoms with Gasteiger partial charge in [0.1, 0.15) is 11.9 Å². The van der Waals surface area contributed by atoms with Crippen LogP contribution >= 0.6 is 0 Å². The maximum atomic E-state index is 11.4. The molecule has 78 valence electrons. The number of esters is 1. The molecular formula is C12H12O3. The zero-order valence-corrected chi connectivity index (χ0v) is 8.53. The lowest BCUT2D eigenvalue weighted by Gasteiger charge is -2.05. The monoisotopic (exact) mass is 204 g/mol. The third-order valence-corrected chi connectivity index (χ3v) is 2.33. The van der Waals surface area contributed by atoms with Gasteiger partial charge in [0.2, 0.25) is 0 Å². The Morgan fingerprint density at radius 2 is 2.47 bits per heavy atom. The Hall–Kier alpha value is -1.77. The van der Waals surface area contributed by atoms with Gasteiger partial charge in [-0.3, -0.25) is 0 Å². The summed E-state index contributed by atoms with van der Waals surface area (Å²) in [5.41, 5.74) is 1.50. The second kappa shape index (κ2) is 3.77. The molecule has 0 N–H and O–H groups in total. The molecule has 0 radical (unpaired) electrons. The quantitative estimate of drug-likeness (QED) is 0.422. The van der Waals surface area contributed by atoms with Crippen molar-refractivity contribution in [2.75, 3.05) is 0 Å². The third kappa shape index (κ3) is 2.01. The molecule has 0 aliphatic carbocycles. The van der Waals surface area contributed by atoms with Crippen LogP contribution in [0, 0.1) is 0 Å². The average Bonchev–Trinajstić information content (AvgIpc) is 2.77. The van der Waals surface area contributed by atoms with Crippen molar-refractivity contribution >= 4 is 12.0 Å². The van der Waals surface area contributed by atoms with Gasteiger partial charge in [0.15, 0.2) is 0 Å². The highest BCUT2D eigenvalue weighted by atomic mass is 16.5. The Bertz CT molecular complexity index is 412. The van der Waals surface area contributed by atoms with Crippen LogP contribution in [0.3, 0.4) is 0 Å². The topological polar surface area (TPSA) is 39.4 Å². The summed E-state index contributed by atoms with van der Waals surface area (Å²) in [6.45, 7) is 5.63. The van der Waals surface area contributed by atoms with Crippen LogP contribution < -0.4 is 0 Å². The number of hydrogen-bond acceptors (Lipinski definition) is 3. The lowest BCUT2D eigenvalue weighted by atomic mass is 10.1. The fourth-order valence-corrected chi connectivity index (χ4v) is 1.47. The van der Waals surface area contributed by atoms with Crippen LogP contribution in [0.1, 0.15) is 19.1 Å². The molecule has 2 rings (SSSR count). The van der Waals surface area contributed by atoms with Gasteiger partial charge in [-0.25, -0.2) is 4.79 Å². The van der Waals surface area contributed by atoms with Crippen molar-refractivity contribution in [1.29, 1.82) is 0 Å². The first-order valence-corrected chi connectivity index (χ1v) is 4.77. The molecule has 15 heavy (non-hydrogen) atoms. The first-order valence-electron chi connectivity index (χ1n) is 4.77. The summed E-state index contributed by atoms with van der Waals surface area (Å²) in [7, 11) is 0. The first-order chi connectivity index (χ1) is 7.16. The molecular weight excluding hydrogens is 192 g/mol. The predicted molar refractivity (Wildman–Crippen MR) is 56.0 cm³/mol. The smallest absolute Gasteiger partial charge is 0.334 e. The van der Waals surface area contributed by atoms with E-state index in [0.29, 0.717) is 17.8 Å². The molecule has 1 fully saturated rings. The van der Waals surface area contributed by atoms with E-state index in [1.807, 2.05) is 6.92 Å². The Labute approximate surface area is 88.0 Å². The summed E-state index contributed by atoms with van der Waals surface area (Å²) in [6.07, 6.45) is 3.68. The highest BCUT2D eigenvalue weighted by molar-refractivity contribution is 5.95. The summed E-state index contributed by atoms with van der Waals surface area (Å²) in [6, 6.07) is 3.58. The normalized spacial score (nSPS) is 23.1. The highest BCUT2D eigenvalue weighted by Gasteiger charge is 2.29. The van der Waals surface area contributed by atoms with Gasteiger partial charge in [-0.1, -0.05) is 6.58 Å². The van der Waals surface area contributed by atoms with Crippen LogP contribution in [0.25, 0.3) is 6.08 Å². The Kier molecular flexibility index (Phi) is 2.46. The molecule has 0 bridgehead atoms. The minimum Gasteiger partial charge on any atom is -0.465 e. The van der Waals surface area contributed by atoms with Crippen molar-refractivity contribution < 1.29 is 13.9 Å². The average molecular weight is 204 g/mol. The summed E-state index contributed by atoms with van der Waals surface area (Å²) in [5, 5.41) is 0. The zero-order chi connectivity index (χ0) is 10.8. The lowest BCUT2D eigenvalue weighted by Crippen LogP contribution is -2.06. The van der Waals surface area contributed by atoms with Crippen molar-refractivity contribution in [2.45, 2.75) is 19.4 Å². The van der Waals surface area contributed by atoms with Gasteiger partial charge in [0.05, 0.1) is 6.26 Å². The fourth-order valence-electron chi connectivity index (χ4n) is 1.47. The number of ether oxygens (including phenoxy) is 1. The van der Waals surface area contributed by atoms with E-state index in [4.69, 9.17) is 9.15 Å². The maximum Gasteiger partial charge on any atom is 0.334 e. The lowest BCUT2D eigenvalue weighted by molar-refractivity contribution is -0.137. The van der Waals surface area contributed by atoms with Gasteiger partial charge in [0, 0.05) is 12.0 Å². The van der Waals surface area contributed by atoms with Gasteiger partial charge in [0.25, 0.3) is 0 Å². The Morgan fingerprint density at radius 1 is 1.67 bits per heavy atom. The molecule has 1 aromatic heterocycles. The SMILES string of the molecule is C=C(C)C1C/C(=C/c2ccco2)C(=O)O1. The van der Waals surface area contributed by atoms with Crippen molar-refractivity contribution in [1.82, 2.24) is 0 Å². The van der Waals surface area contributed by atoms with Crippen molar-refractivity contribution in [3.8, 4) is 0 Å². The second-order valence-electron chi connectivity index (χ2n) is 3.63. The van der Waals surface area contributed by atoms with Crippen LogP contribution in [-0.4, -0.2) is 12.1 Å². The standard InChI is InChI=1S/C12H12O3/c1-8(2)11-7-9(12(13)15-11)6-10-4-3-5-14-10/h3-6,11H,1,7H2,2H3/b9-6-. The van der Waals surface area contributed by atoms with E-state index in [-0.39, 0.29) is 12.1 Å². The van der Waals surface area contributed by atoms with Gasteiger partial charge in [-0.05, 0) is 30.7 Å². The van der Waals surface area contributed by atoms with E-state index in [1.54, 1.807) is 24.5 Å². The predicted octanol–water partition coefficient (Wildman–Crippen LogP) is 2.55. The van der Waals surface area contributed by atoms with Crippen molar-refractivity contribution in [3.05, 3.63) is 41.9 Å². The van der Waals surface area contributed by atoms with E-state index in [1.165, 1.54) is 0 Å². The number of hydrogen-bond donors (Lipinski definition) is 0. The van der Waals surface area contributed by atoms with Crippen LogP contribution in [0.5, 0.6) is 0 Å². The maximum absolute atomic E-state index is 11.4. The van der Waals surface area contributed by atoms with Crippen LogP contribution in [0.4, 0.5) is 0 Å². The zero-order valence-electron chi connectivity index (χ0n) is 8.53. The molecule has 1 aromatic rings. The Balaban J connectivity index is 2.18. The first kappa shape index (κ1) is 9.77. The van der Waals surface area contributed by atoms with E-state index in [2.05, 4.69) is 6.58 Å². The summed E-state index contributed by atoms with van der Waals surface area (Å²) >= 11 is 0. The summed E-state index contributed by atoms with van der Waals surface area (Å²) in [5.74, 6) is 0.392. The molecule has 3 heteroatoms. The van der Waals surface area contributed by atoms with Crippen LogP contribution in [0.15, 0.2) is 40.5 Å². The van der Waals surface area contributed by atoms with E-state index in [0.717, 1.165) is 5.57 Å². The summed E-state index contributed by atoms with van der Waals surface area (Å²) in [4.78, 5) is 11.4. The third-order valence-electron chi connectivity index (χ3n) is 2.33. The van der Waals surface area contributed by atoms with Gasteiger partial charge in [-0.2, -0.15) is 0 Å². The van der Waals surface area contributed by atoms with Gasteiger partial charge < -0.3 is 9.15 Å². The van der Waals surface area contributed by atoms with Gasteiger partial charge >= 0.3 is 5.97 Å². The van der Waals surface area contributed by atoms with Gasteiger partial charge in [-0.15, -0.1) is 0 Å². The van der Waals surface area contributed by atoms with Crippen molar-refractivity contribution in [2.24, 2.45) is 0 Å². The number of furan rings is 1. The fraction of sp³-hybridized carbons (Fsp3) is 0.250. The molecule has 3 nitrogen and oxygen atoms in total. The molecule has 2 heterocycles. The highest BCUT2D eigenvalue weighted by Crippen LogP contribution is 2.26. The molecule has 0 aromatic carbocycles. The number of rotatable bonds is 2. The molecule has 0 amide bonds. The molecule has 1 atom stereocenters. The molecule has 0 saturated carbocycles.